The lowest BCUT2D eigenvalue weighted by Gasteiger charge is -2.10. The van der Waals surface area contributed by atoms with Crippen molar-refractivity contribution in [2.75, 3.05) is 0 Å². The molecule has 0 bridgehead atoms. The fourth-order valence-electron chi connectivity index (χ4n) is 0.974. The summed E-state index contributed by atoms with van der Waals surface area (Å²) in [6.07, 6.45) is -0.938. The molecule has 1 aromatic carbocycles. The third-order valence-electron chi connectivity index (χ3n) is 1.68. The van der Waals surface area contributed by atoms with Gasteiger partial charge in [-0.1, -0.05) is 24.3 Å². The quantitative estimate of drug-likeness (QED) is 0.445. The van der Waals surface area contributed by atoms with E-state index in [2.05, 4.69) is 0 Å². The van der Waals surface area contributed by atoms with Crippen LogP contribution in [0.4, 0.5) is 0 Å². The van der Waals surface area contributed by atoms with E-state index < -0.39 is 12.3 Å². The van der Waals surface area contributed by atoms with Crippen LogP contribution in [0, 0.1) is 0 Å². The smallest absolute Gasteiger partial charge is 0.0784 e. The minimum absolute atomic E-state index is 0.469. The average Bonchev–Trinajstić information content (AvgIpc) is 2.04. The molecule has 0 aliphatic rings. The van der Waals surface area contributed by atoms with E-state index in [9.17, 15) is 0 Å². The maximum atomic E-state index is 5.48. The largest absolute Gasteiger partial charge is 0.312 e. The molecule has 0 aliphatic carbocycles. The van der Waals surface area contributed by atoms with Crippen LogP contribution in [0.1, 0.15) is 23.5 Å². The molecular formula is C8H14N4. The van der Waals surface area contributed by atoms with Gasteiger partial charge in [0, 0.05) is 0 Å². The summed E-state index contributed by atoms with van der Waals surface area (Å²) in [5, 5.41) is 0. The van der Waals surface area contributed by atoms with Crippen LogP contribution < -0.4 is 22.9 Å². The predicted molar refractivity (Wildman–Crippen MR) is 48.7 cm³/mol. The zero-order valence-corrected chi connectivity index (χ0v) is 6.77. The van der Waals surface area contributed by atoms with Gasteiger partial charge in [-0.15, -0.1) is 0 Å². The van der Waals surface area contributed by atoms with Crippen LogP contribution in [0.25, 0.3) is 0 Å². The van der Waals surface area contributed by atoms with Crippen LogP contribution in [0.3, 0.4) is 0 Å². The second-order valence-corrected chi connectivity index (χ2v) is 2.72. The third-order valence-corrected chi connectivity index (χ3v) is 1.68. The molecule has 0 fully saturated rings. The Morgan fingerprint density at radius 1 is 0.833 bits per heavy atom. The Bertz CT molecular complexity index is 234. The molecule has 0 radical (unpaired) electrons. The van der Waals surface area contributed by atoms with E-state index >= 15 is 0 Å². The molecule has 1 aromatic rings. The fourth-order valence-corrected chi connectivity index (χ4v) is 0.974. The zero-order chi connectivity index (χ0) is 9.14. The number of benzene rings is 1. The summed E-state index contributed by atoms with van der Waals surface area (Å²) in [5.74, 6) is 0. The highest BCUT2D eigenvalue weighted by Gasteiger charge is 2.03. The normalized spacial score (nSPS) is 11.2. The van der Waals surface area contributed by atoms with Crippen molar-refractivity contribution in [3.05, 3.63) is 35.4 Å². The number of hydrogen-bond donors (Lipinski definition) is 4. The molecule has 0 heterocycles. The lowest BCUT2D eigenvalue weighted by atomic mass is 10.1. The van der Waals surface area contributed by atoms with E-state index in [1.807, 2.05) is 24.3 Å². The summed E-state index contributed by atoms with van der Waals surface area (Å²) < 4.78 is 0. The van der Waals surface area contributed by atoms with Crippen LogP contribution in [0.2, 0.25) is 0 Å². The lowest BCUT2D eigenvalue weighted by Crippen LogP contribution is -2.23. The molecular weight excluding hydrogens is 152 g/mol. The van der Waals surface area contributed by atoms with Crippen LogP contribution >= 0.6 is 0 Å². The fraction of sp³-hybridized carbons (Fsp3) is 0.250. The Hall–Kier alpha value is -0.940. The van der Waals surface area contributed by atoms with Gasteiger partial charge in [0.15, 0.2) is 0 Å². The van der Waals surface area contributed by atoms with Gasteiger partial charge in [0.05, 0.1) is 12.3 Å². The monoisotopic (exact) mass is 166 g/mol. The molecule has 0 atom stereocenters. The molecule has 0 aromatic heterocycles. The maximum absolute atomic E-state index is 5.48. The topological polar surface area (TPSA) is 104 Å². The molecule has 0 aliphatic heterocycles. The number of rotatable bonds is 2. The first kappa shape index (κ1) is 9.15. The summed E-state index contributed by atoms with van der Waals surface area (Å²) in [4.78, 5) is 0. The van der Waals surface area contributed by atoms with Crippen LogP contribution in [0.5, 0.6) is 0 Å². The predicted octanol–water partition coefficient (Wildman–Crippen LogP) is -0.481. The average molecular weight is 166 g/mol. The van der Waals surface area contributed by atoms with Gasteiger partial charge >= 0.3 is 0 Å². The van der Waals surface area contributed by atoms with Crippen molar-refractivity contribution in [2.24, 2.45) is 22.9 Å². The first-order valence-corrected chi connectivity index (χ1v) is 3.73. The van der Waals surface area contributed by atoms with Gasteiger partial charge in [-0.2, -0.15) is 0 Å². The van der Waals surface area contributed by atoms with E-state index in [1.165, 1.54) is 0 Å². The van der Waals surface area contributed by atoms with Gasteiger partial charge in [0.1, 0.15) is 0 Å². The Labute approximate surface area is 71.5 Å². The van der Waals surface area contributed by atoms with Crippen molar-refractivity contribution in [3.63, 3.8) is 0 Å². The highest BCUT2D eigenvalue weighted by molar-refractivity contribution is 5.26. The molecule has 0 saturated heterocycles. The van der Waals surface area contributed by atoms with Crippen molar-refractivity contribution in [3.8, 4) is 0 Å². The summed E-state index contributed by atoms with van der Waals surface area (Å²) in [7, 11) is 0. The first-order chi connectivity index (χ1) is 5.61. The van der Waals surface area contributed by atoms with Crippen molar-refractivity contribution in [1.82, 2.24) is 0 Å². The standard InChI is InChI=1S/C8H14N4/c9-7(10)5-2-1-3-6(4-5)8(11)12/h1-4,7-8H,9-12H2. The molecule has 66 valence electrons. The minimum Gasteiger partial charge on any atom is -0.312 e. The van der Waals surface area contributed by atoms with Gasteiger partial charge < -0.3 is 22.9 Å². The molecule has 1 rings (SSSR count). The lowest BCUT2D eigenvalue weighted by molar-refractivity contribution is 0.747. The molecule has 4 nitrogen and oxygen atoms in total. The Balaban J connectivity index is 2.96. The number of hydrogen-bond acceptors (Lipinski definition) is 4. The Morgan fingerprint density at radius 3 is 1.58 bits per heavy atom. The molecule has 8 N–H and O–H groups in total. The summed E-state index contributed by atoms with van der Waals surface area (Å²) >= 11 is 0. The molecule has 0 spiro atoms. The summed E-state index contributed by atoms with van der Waals surface area (Å²) in [6.45, 7) is 0. The molecule has 0 amide bonds. The highest BCUT2D eigenvalue weighted by Crippen LogP contribution is 2.11. The van der Waals surface area contributed by atoms with Gasteiger partial charge in [-0.05, 0) is 11.1 Å². The van der Waals surface area contributed by atoms with E-state index in [0.717, 1.165) is 11.1 Å². The molecule has 0 unspecified atom stereocenters. The second kappa shape index (κ2) is 3.64. The van der Waals surface area contributed by atoms with Gasteiger partial charge in [0.25, 0.3) is 0 Å². The highest BCUT2D eigenvalue weighted by atomic mass is 14.9. The molecule has 12 heavy (non-hydrogen) atoms. The third kappa shape index (κ3) is 2.02. The van der Waals surface area contributed by atoms with Crippen LogP contribution in [-0.4, -0.2) is 0 Å². The zero-order valence-electron chi connectivity index (χ0n) is 6.77. The van der Waals surface area contributed by atoms with Crippen molar-refractivity contribution in [1.29, 1.82) is 0 Å². The van der Waals surface area contributed by atoms with E-state index in [0.29, 0.717) is 0 Å². The first-order valence-electron chi connectivity index (χ1n) is 3.73. The Morgan fingerprint density at radius 2 is 1.25 bits per heavy atom. The van der Waals surface area contributed by atoms with E-state index in [1.54, 1.807) is 0 Å². The second-order valence-electron chi connectivity index (χ2n) is 2.72. The maximum Gasteiger partial charge on any atom is 0.0784 e. The van der Waals surface area contributed by atoms with E-state index in [4.69, 9.17) is 22.9 Å². The van der Waals surface area contributed by atoms with Gasteiger partial charge in [-0.3, -0.25) is 0 Å². The van der Waals surface area contributed by atoms with Crippen molar-refractivity contribution >= 4 is 0 Å². The van der Waals surface area contributed by atoms with Crippen molar-refractivity contribution < 1.29 is 0 Å². The molecule has 4 heteroatoms. The SMILES string of the molecule is NC(N)c1cccc(C(N)N)c1. The number of nitrogens with two attached hydrogens (primary N) is 4. The van der Waals surface area contributed by atoms with Gasteiger partial charge in [0.2, 0.25) is 0 Å². The minimum atomic E-state index is -0.469. The van der Waals surface area contributed by atoms with Gasteiger partial charge in [-0.25, -0.2) is 0 Å². The van der Waals surface area contributed by atoms with E-state index in [-0.39, 0.29) is 0 Å². The van der Waals surface area contributed by atoms with Crippen LogP contribution in [0.15, 0.2) is 24.3 Å². The van der Waals surface area contributed by atoms with Crippen molar-refractivity contribution in [2.45, 2.75) is 12.3 Å². The van der Waals surface area contributed by atoms with Crippen LogP contribution in [-0.2, 0) is 0 Å². The summed E-state index contributed by atoms with van der Waals surface area (Å²) in [6, 6.07) is 7.34. The summed E-state index contributed by atoms with van der Waals surface area (Å²) in [5.41, 5.74) is 23.6. The Kier molecular flexibility index (Phi) is 2.78. The molecule has 0 saturated carbocycles.